The summed E-state index contributed by atoms with van der Waals surface area (Å²) >= 11 is 3.25. The van der Waals surface area contributed by atoms with Crippen molar-refractivity contribution >= 4 is 45.7 Å². The Kier molecular flexibility index (Phi) is 4.76. The van der Waals surface area contributed by atoms with Crippen LogP contribution in [0.25, 0.3) is 0 Å². The maximum Gasteiger partial charge on any atom is 0.233 e. The van der Waals surface area contributed by atoms with Gasteiger partial charge in [-0.1, -0.05) is 12.1 Å². The molecule has 1 aromatic carbocycles. The number of rotatable bonds is 3. The number of hydrogen-bond acceptors (Lipinski definition) is 5. The summed E-state index contributed by atoms with van der Waals surface area (Å²) in [6.07, 6.45) is 2.73. The van der Waals surface area contributed by atoms with E-state index in [0.29, 0.717) is 6.42 Å². The summed E-state index contributed by atoms with van der Waals surface area (Å²) in [5.74, 6) is 1.23. The van der Waals surface area contributed by atoms with Gasteiger partial charge < -0.3 is 4.90 Å². The van der Waals surface area contributed by atoms with Crippen molar-refractivity contribution in [3.8, 4) is 0 Å². The summed E-state index contributed by atoms with van der Waals surface area (Å²) in [7, 11) is 0. The second kappa shape index (κ2) is 7.17. The molecule has 0 N–H and O–H groups in total. The molecule has 0 saturated carbocycles. The molecular formula is C18H19N3O2S2. The Morgan fingerprint density at radius 3 is 2.92 bits per heavy atom. The normalized spacial score (nSPS) is 17.5. The number of para-hydroxylation sites is 1. The molecule has 2 aromatic rings. The van der Waals surface area contributed by atoms with Crippen molar-refractivity contribution in [3.63, 3.8) is 0 Å². The molecule has 3 heterocycles. The third-order valence-corrected chi connectivity index (χ3v) is 6.48. The van der Waals surface area contributed by atoms with Gasteiger partial charge in [-0.3, -0.25) is 14.5 Å². The van der Waals surface area contributed by atoms with E-state index in [2.05, 4.69) is 11.1 Å². The third kappa shape index (κ3) is 3.43. The highest BCUT2D eigenvalue weighted by Crippen LogP contribution is 2.34. The fourth-order valence-electron chi connectivity index (χ4n) is 3.19. The second-order valence-corrected chi connectivity index (χ2v) is 8.14. The van der Waals surface area contributed by atoms with Crippen LogP contribution in [0.5, 0.6) is 0 Å². The van der Waals surface area contributed by atoms with Crippen molar-refractivity contribution in [2.45, 2.75) is 30.6 Å². The third-order valence-electron chi connectivity index (χ3n) is 4.42. The number of aromatic nitrogens is 1. The van der Waals surface area contributed by atoms with Crippen molar-refractivity contribution in [2.24, 2.45) is 0 Å². The number of fused-ring (bicyclic) bond motifs is 1. The molecule has 2 amide bonds. The average Bonchev–Trinajstić information content (AvgIpc) is 3.18. The maximum absolute atomic E-state index is 12.9. The Morgan fingerprint density at radius 1 is 1.20 bits per heavy atom. The van der Waals surface area contributed by atoms with Crippen LogP contribution in [-0.2, 0) is 16.0 Å². The summed E-state index contributed by atoms with van der Waals surface area (Å²) in [6.45, 7) is 1.47. The number of carbonyl (C=O) groups is 2. The number of anilines is 2. The lowest BCUT2D eigenvalue weighted by atomic mass is 10.2. The number of carbonyl (C=O) groups excluding carboxylic acids is 2. The Morgan fingerprint density at radius 2 is 2.08 bits per heavy atom. The molecule has 0 spiro atoms. The molecular weight excluding hydrogens is 354 g/mol. The van der Waals surface area contributed by atoms with Gasteiger partial charge in [-0.15, -0.1) is 23.1 Å². The molecule has 1 fully saturated rings. The first kappa shape index (κ1) is 16.6. The summed E-state index contributed by atoms with van der Waals surface area (Å²) in [4.78, 5) is 34.0. The van der Waals surface area contributed by atoms with E-state index >= 15 is 0 Å². The van der Waals surface area contributed by atoms with Gasteiger partial charge in [0.25, 0.3) is 0 Å². The molecule has 1 aromatic heterocycles. The van der Waals surface area contributed by atoms with Crippen LogP contribution in [-0.4, -0.2) is 35.6 Å². The Balaban J connectivity index is 1.51. The van der Waals surface area contributed by atoms with Crippen LogP contribution >= 0.6 is 23.1 Å². The lowest BCUT2D eigenvalue weighted by Gasteiger charge is -2.22. The highest BCUT2D eigenvalue weighted by atomic mass is 32.2. The second-order valence-electron chi connectivity index (χ2n) is 6.16. The lowest BCUT2D eigenvalue weighted by molar-refractivity contribution is -0.118. The monoisotopic (exact) mass is 373 g/mol. The van der Waals surface area contributed by atoms with Gasteiger partial charge >= 0.3 is 0 Å². The van der Waals surface area contributed by atoms with Crippen LogP contribution in [0.15, 0.2) is 34.5 Å². The highest BCUT2D eigenvalue weighted by Gasteiger charge is 2.26. The van der Waals surface area contributed by atoms with Crippen molar-refractivity contribution < 1.29 is 9.59 Å². The molecule has 5 nitrogen and oxygen atoms in total. The zero-order valence-corrected chi connectivity index (χ0v) is 15.4. The van der Waals surface area contributed by atoms with Gasteiger partial charge in [-0.2, -0.15) is 0 Å². The topological polar surface area (TPSA) is 53.5 Å². The largest absolute Gasteiger partial charge is 0.311 e. The van der Waals surface area contributed by atoms with Crippen LogP contribution in [0.2, 0.25) is 0 Å². The van der Waals surface area contributed by atoms with Gasteiger partial charge in [0.05, 0.1) is 17.8 Å². The molecule has 25 heavy (non-hydrogen) atoms. The first-order chi connectivity index (χ1) is 12.2. The molecule has 130 valence electrons. The highest BCUT2D eigenvalue weighted by molar-refractivity contribution is 7.99. The van der Waals surface area contributed by atoms with Crippen LogP contribution in [0.1, 0.15) is 25.0 Å². The van der Waals surface area contributed by atoms with E-state index < -0.39 is 0 Å². The number of thioether (sulfide) groups is 1. The number of benzene rings is 1. The number of hydrogen-bond donors (Lipinski definition) is 0. The zero-order valence-electron chi connectivity index (χ0n) is 13.8. The van der Waals surface area contributed by atoms with Crippen molar-refractivity contribution in [1.29, 1.82) is 0 Å². The van der Waals surface area contributed by atoms with Gasteiger partial charge in [-0.05, 0) is 30.7 Å². The molecule has 4 rings (SSSR count). The lowest BCUT2D eigenvalue weighted by Crippen LogP contribution is -2.33. The molecule has 7 heteroatoms. The van der Waals surface area contributed by atoms with Gasteiger partial charge in [0, 0.05) is 29.8 Å². The minimum atomic E-state index is 0.0690. The maximum atomic E-state index is 12.9. The molecule has 0 atom stereocenters. The molecule has 2 aliphatic heterocycles. The molecule has 0 unspecified atom stereocenters. The summed E-state index contributed by atoms with van der Waals surface area (Å²) in [6, 6.07) is 8.08. The van der Waals surface area contributed by atoms with E-state index in [4.69, 9.17) is 0 Å². The molecule has 0 aliphatic carbocycles. The summed E-state index contributed by atoms with van der Waals surface area (Å²) < 4.78 is 0. The number of amides is 2. The van der Waals surface area contributed by atoms with E-state index in [9.17, 15) is 9.59 Å². The van der Waals surface area contributed by atoms with Crippen LogP contribution < -0.4 is 9.80 Å². The quantitative estimate of drug-likeness (QED) is 0.828. The zero-order chi connectivity index (χ0) is 17.2. The Hall–Kier alpha value is -1.86. The molecule has 0 bridgehead atoms. The van der Waals surface area contributed by atoms with Gasteiger partial charge in [0.1, 0.15) is 0 Å². The van der Waals surface area contributed by atoms with Crippen molar-refractivity contribution in [3.05, 3.63) is 35.3 Å². The van der Waals surface area contributed by atoms with Crippen LogP contribution in [0.4, 0.5) is 10.8 Å². The predicted molar refractivity (Wildman–Crippen MR) is 102 cm³/mol. The Bertz CT molecular complexity index is 805. The minimum Gasteiger partial charge on any atom is -0.311 e. The van der Waals surface area contributed by atoms with Crippen molar-refractivity contribution in [2.75, 3.05) is 28.6 Å². The first-order valence-corrected chi connectivity index (χ1v) is 10.4. The average molecular weight is 374 g/mol. The van der Waals surface area contributed by atoms with Crippen LogP contribution in [0, 0.1) is 0 Å². The minimum absolute atomic E-state index is 0.0690. The predicted octanol–water partition coefficient (Wildman–Crippen LogP) is 3.34. The van der Waals surface area contributed by atoms with Crippen molar-refractivity contribution in [1.82, 2.24) is 4.98 Å². The van der Waals surface area contributed by atoms with E-state index in [1.165, 1.54) is 11.3 Å². The fraction of sp³-hybridized carbons (Fsp3) is 0.389. The smallest absolute Gasteiger partial charge is 0.233 e. The first-order valence-electron chi connectivity index (χ1n) is 8.49. The van der Waals surface area contributed by atoms with E-state index in [-0.39, 0.29) is 18.2 Å². The van der Waals surface area contributed by atoms with E-state index in [0.717, 1.165) is 53.1 Å². The summed E-state index contributed by atoms with van der Waals surface area (Å²) in [5, 5.41) is 2.62. The summed E-state index contributed by atoms with van der Waals surface area (Å²) in [5.41, 5.74) is 1.75. The van der Waals surface area contributed by atoms with E-state index in [1.807, 2.05) is 28.5 Å². The Labute approximate surface area is 155 Å². The molecule has 2 aliphatic rings. The number of thiazole rings is 1. The standard InChI is InChI=1S/C18H19N3O2S2/c22-16-7-3-8-21(16)18-19-13(12-25-18)11-17(23)20-9-4-10-24-15-6-2-1-5-14(15)20/h1-2,5-6,12H,3-4,7-11H2. The van der Waals surface area contributed by atoms with Gasteiger partial charge in [0.2, 0.25) is 11.8 Å². The fourth-order valence-corrected chi connectivity index (χ4v) is 5.05. The van der Waals surface area contributed by atoms with E-state index in [1.54, 1.807) is 16.7 Å². The number of nitrogens with zero attached hydrogens (tertiary/aromatic N) is 3. The molecule has 0 radical (unpaired) electrons. The molecule has 1 saturated heterocycles. The van der Waals surface area contributed by atoms with Gasteiger partial charge in [-0.25, -0.2) is 4.98 Å². The SMILES string of the molecule is O=C1CCCN1c1nc(CC(=O)N2CCCSc3ccccc32)cs1. The van der Waals surface area contributed by atoms with Gasteiger partial charge in [0.15, 0.2) is 5.13 Å². The van der Waals surface area contributed by atoms with Crippen LogP contribution in [0.3, 0.4) is 0 Å².